The number of hydrogen-bond acceptors (Lipinski definition) is 5. The van der Waals surface area contributed by atoms with Crippen LogP contribution in [0.5, 0.6) is 5.75 Å². The lowest BCUT2D eigenvalue weighted by atomic mass is 9.89. The first-order valence-corrected chi connectivity index (χ1v) is 9.10. The van der Waals surface area contributed by atoms with Crippen molar-refractivity contribution in [2.45, 2.75) is 6.42 Å². The first-order valence-electron chi connectivity index (χ1n) is 8.31. The number of rotatable bonds is 3. The smallest absolute Gasteiger partial charge is 0.203 e. The molecule has 6 nitrogen and oxygen atoms in total. The van der Waals surface area contributed by atoms with Gasteiger partial charge in [0.2, 0.25) is 5.65 Å². The zero-order valence-corrected chi connectivity index (χ0v) is 15.0. The van der Waals surface area contributed by atoms with Gasteiger partial charge in [-0.2, -0.15) is 0 Å². The molecule has 25 heavy (non-hydrogen) atoms. The van der Waals surface area contributed by atoms with E-state index in [9.17, 15) is 0 Å². The van der Waals surface area contributed by atoms with Gasteiger partial charge in [-0.15, -0.1) is 10.2 Å². The Hall–Kier alpha value is -2.41. The van der Waals surface area contributed by atoms with Gasteiger partial charge < -0.3 is 10.1 Å². The number of pyridine rings is 2. The quantitative estimate of drug-likeness (QED) is 0.735. The Bertz CT molecular complexity index is 1020. The van der Waals surface area contributed by atoms with E-state index < -0.39 is 0 Å². The highest BCUT2D eigenvalue weighted by Gasteiger charge is 2.32. The van der Waals surface area contributed by atoms with Crippen molar-refractivity contribution >= 4 is 32.6 Å². The van der Waals surface area contributed by atoms with Crippen molar-refractivity contribution in [2.24, 2.45) is 11.8 Å². The number of fused-ring (bicyclic) bond motifs is 4. The highest BCUT2D eigenvalue weighted by atomic mass is 79.9. The van der Waals surface area contributed by atoms with Crippen molar-refractivity contribution in [3.8, 4) is 5.75 Å². The van der Waals surface area contributed by atoms with E-state index in [1.165, 1.54) is 5.70 Å². The molecule has 126 valence electrons. The van der Waals surface area contributed by atoms with Crippen molar-refractivity contribution in [1.82, 2.24) is 24.9 Å². The van der Waals surface area contributed by atoms with E-state index in [0.29, 0.717) is 18.4 Å². The van der Waals surface area contributed by atoms with E-state index in [1.807, 2.05) is 16.5 Å². The number of aromatic nitrogens is 4. The first kappa shape index (κ1) is 14.9. The lowest BCUT2D eigenvalue weighted by Gasteiger charge is -2.20. The molecule has 1 aliphatic heterocycles. The summed E-state index contributed by atoms with van der Waals surface area (Å²) in [6.45, 7) is 1.59. The van der Waals surface area contributed by atoms with E-state index in [1.54, 1.807) is 12.5 Å². The largest absolute Gasteiger partial charge is 0.489 e. The second-order valence-electron chi connectivity index (χ2n) is 6.44. The molecule has 0 radical (unpaired) electrons. The maximum absolute atomic E-state index is 6.18. The van der Waals surface area contributed by atoms with Crippen LogP contribution in [0.1, 0.15) is 6.42 Å². The third-order valence-corrected chi connectivity index (χ3v) is 5.38. The standard InChI is InChI=1S/C18H16BrN5O/c19-12-5-16-15(21-8-12)6-17(18-23-22-10-24(16)18)25-9-11-7-20-14-4-2-1-3-13(11)14/h1-2,4-6,8,10-11,13,20H,3,7,9H2. The summed E-state index contributed by atoms with van der Waals surface area (Å²) < 4.78 is 9.02. The third-order valence-electron chi connectivity index (χ3n) is 4.95. The van der Waals surface area contributed by atoms with Gasteiger partial charge in [0.15, 0.2) is 5.75 Å². The fourth-order valence-electron chi connectivity index (χ4n) is 3.66. The van der Waals surface area contributed by atoms with Gasteiger partial charge in [-0.25, -0.2) is 0 Å². The number of halogens is 1. The monoisotopic (exact) mass is 397 g/mol. The molecule has 0 spiro atoms. The van der Waals surface area contributed by atoms with E-state index in [2.05, 4.69) is 54.7 Å². The number of allylic oxidation sites excluding steroid dienone is 4. The zero-order valence-electron chi connectivity index (χ0n) is 13.4. The number of ether oxygens (including phenoxy) is 1. The summed E-state index contributed by atoms with van der Waals surface area (Å²) in [5.74, 6) is 1.70. The van der Waals surface area contributed by atoms with Crippen molar-refractivity contribution in [2.75, 3.05) is 13.2 Å². The maximum Gasteiger partial charge on any atom is 0.203 e. The SMILES string of the molecule is Brc1cnc2cc(OCC3CNC4=CC=CCC43)c3nncn3c2c1. The molecule has 0 saturated carbocycles. The fraction of sp³-hybridized carbons (Fsp3) is 0.278. The number of nitrogens with zero attached hydrogens (tertiary/aromatic N) is 4. The highest BCUT2D eigenvalue weighted by molar-refractivity contribution is 9.10. The molecule has 0 bridgehead atoms. The van der Waals surface area contributed by atoms with Gasteiger partial charge in [0.25, 0.3) is 0 Å². The molecule has 3 aromatic rings. The summed E-state index contributed by atoms with van der Waals surface area (Å²) >= 11 is 3.47. The zero-order chi connectivity index (χ0) is 16.8. The van der Waals surface area contributed by atoms with Crippen molar-refractivity contribution in [3.05, 3.63) is 53.1 Å². The molecule has 4 heterocycles. The molecule has 1 aliphatic carbocycles. The van der Waals surface area contributed by atoms with E-state index in [0.717, 1.165) is 39.9 Å². The normalized spacial score (nSPS) is 22.0. The van der Waals surface area contributed by atoms with Gasteiger partial charge in [0.1, 0.15) is 6.33 Å². The topological polar surface area (TPSA) is 64.3 Å². The molecular formula is C18H16BrN5O. The molecule has 7 heteroatoms. The van der Waals surface area contributed by atoms with Crippen LogP contribution in [0.25, 0.3) is 16.7 Å². The summed E-state index contributed by atoms with van der Waals surface area (Å²) in [6.07, 6.45) is 11.1. The van der Waals surface area contributed by atoms with Crippen molar-refractivity contribution < 1.29 is 4.74 Å². The summed E-state index contributed by atoms with van der Waals surface area (Å²) in [5, 5.41) is 11.8. The van der Waals surface area contributed by atoms with Gasteiger partial charge in [0.05, 0.1) is 17.6 Å². The van der Waals surface area contributed by atoms with Crippen LogP contribution in [0, 0.1) is 11.8 Å². The Morgan fingerprint density at radius 1 is 1.36 bits per heavy atom. The molecule has 1 N–H and O–H groups in total. The van der Waals surface area contributed by atoms with Gasteiger partial charge in [0, 0.05) is 40.8 Å². The molecule has 0 aromatic carbocycles. The highest BCUT2D eigenvalue weighted by Crippen LogP contribution is 2.33. The molecular weight excluding hydrogens is 382 g/mol. The van der Waals surface area contributed by atoms with Crippen LogP contribution in [-0.2, 0) is 0 Å². The predicted octanol–water partition coefficient (Wildman–Crippen LogP) is 3.10. The van der Waals surface area contributed by atoms with Crippen LogP contribution in [0.4, 0.5) is 0 Å². The molecule has 3 aromatic heterocycles. The van der Waals surface area contributed by atoms with Crippen molar-refractivity contribution in [1.29, 1.82) is 0 Å². The van der Waals surface area contributed by atoms with Crippen LogP contribution in [0.3, 0.4) is 0 Å². The predicted molar refractivity (Wildman–Crippen MR) is 98.3 cm³/mol. The van der Waals surface area contributed by atoms with Crippen LogP contribution >= 0.6 is 15.9 Å². The Balaban J connectivity index is 1.46. The number of hydrogen-bond donors (Lipinski definition) is 1. The summed E-state index contributed by atoms with van der Waals surface area (Å²) in [6, 6.07) is 3.96. The van der Waals surface area contributed by atoms with Crippen LogP contribution in [0.2, 0.25) is 0 Å². The third kappa shape index (κ3) is 2.50. The van der Waals surface area contributed by atoms with Gasteiger partial charge in [-0.3, -0.25) is 9.38 Å². The van der Waals surface area contributed by atoms with E-state index >= 15 is 0 Å². The minimum absolute atomic E-state index is 0.452. The second-order valence-corrected chi connectivity index (χ2v) is 7.35. The van der Waals surface area contributed by atoms with E-state index in [-0.39, 0.29) is 0 Å². The first-order chi connectivity index (χ1) is 12.3. The Kier molecular flexibility index (Phi) is 3.48. The molecule has 5 rings (SSSR count). The number of nitrogens with one attached hydrogen (secondary N) is 1. The average molecular weight is 398 g/mol. The lowest BCUT2D eigenvalue weighted by molar-refractivity contribution is 0.232. The minimum Gasteiger partial charge on any atom is -0.489 e. The van der Waals surface area contributed by atoms with Crippen LogP contribution < -0.4 is 10.1 Å². The summed E-state index contributed by atoms with van der Waals surface area (Å²) in [5.41, 5.74) is 3.86. The Morgan fingerprint density at radius 2 is 2.32 bits per heavy atom. The lowest BCUT2D eigenvalue weighted by Crippen LogP contribution is -2.20. The molecule has 2 atom stereocenters. The van der Waals surface area contributed by atoms with Gasteiger partial charge >= 0.3 is 0 Å². The Morgan fingerprint density at radius 3 is 3.28 bits per heavy atom. The molecule has 0 amide bonds. The Labute approximate surface area is 152 Å². The van der Waals surface area contributed by atoms with Crippen LogP contribution in [0.15, 0.2) is 53.1 Å². The molecule has 2 aliphatic rings. The molecule has 1 fully saturated rings. The maximum atomic E-state index is 6.18. The van der Waals surface area contributed by atoms with Crippen molar-refractivity contribution in [3.63, 3.8) is 0 Å². The van der Waals surface area contributed by atoms with Gasteiger partial charge in [-0.05, 0) is 34.5 Å². The summed E-state index contributed by atoms with van der Waals surface area (Å²) in [7, 11) is 0. The summed E-state index contributed by atoms with van der Waals surface area (Å²) in [4.78, 5) is 4.48. The minimum atomic E-state index is 0.452. The molecule has 2 unspecified atom stereocenters. The van der Waals surface area contributed by atoms with E-state index in [4.69, 9.17) is 4.74 Å². The second kappa shape index (κ2) is 5.84. The average Bonchev–Trinajstić information content (AvgIpc) is 3.27. The fourth-order valence-corrected chi connectivity index (χ4v) is 3.98. The van der Waals surface area contributed by atoms with Gasteiger partial charge in [-0.1, -0.05) is 12.2 Å². The molecule has 1 saturated heterocycles. The van der Waals surface area contributed by atoms with Crippen LogP contribution in [-0.4, -0.2) is 32.7 Å².